The average molecular weight is 1260 g/mol. The Morgan fingerprint density at radius 3 is 0.953 bits per heavy atom. The molecule has 14 N–H and O–H groups in total. The van der Waals surface area contributed by atoms with Crippen LogP contribution in [0.5, 0.6) is 11.5 Å². The van der Waals surface area contributed by atoms with Crippen molar-refractivity contribution in [2.45, 2.75) is 19.6 Å². The summed E-state index contributed by atoms with van der Waals surface area (Å²) in [6.07, 6.45) is 2.00. The lowest BCUT2D eigenvalue weighted by atomic mass is 10.0. The quantitative estimate of drug-likeness (QED) is 0.0164. The smallest absolute Gasteiger partial charge is 0.335 e. The monoisotopic (exact) mass is 1250 g/mol. The van der Waals surface area contributed by atoms with E-state index in [1.54, 1.807) is 0 Å². The second-order valence-corrected chi connectivity index (χ2v) is 23.1. The number of phenolic OH excluding ortho intramolecular Hbond substituents is 2. The van der Waals surface area contributed by atoms with Crippen LogP contribution in [-0.4, -0.2) is 106 Å². The van der Waals surface area contributed by atoms with E-state index in [2.05, 4.69) is 40.9 Å². The van der Waals surface area contributed by atoms with Crippen molar-refractivity contribution < 1.29 is 102 Å². The molecule has 0 unspecified atom stereocenters. The molecule has 0 aliphatic carbocycles. The van der Waals surface area contributed by atoms with Crippen molar-refractivity contribution in [1.82, 2.24) is 0 Å². The van der Waals surface area contributed by atoms with Crippen LogP contribution < -0.4 is 11.5 Å². The Bertz CT molecular complexity index is 4580. The summed E-state index contributed by atoms with van der Waals surface area (Å²) >= 11 is 0. The van der Waals surface area contributed by atoms with Crippen LogP contribution in [0.4, 0.5) is 56.9 Å². The first-order chi connectivity index (χ1) is 40.1. The standard InChI is InChI=1S/C50H34N10O22S4/c51-33-7-9-35(31-19-39(85(77,78)79)43(45(61)41(31)33)59-55-29-13-23(47(63)64)11-24(14-29)48(65)66)57-53-27-5-3-21(37(17-27)83(71,72)73)1-2-22-4-6-28(18-38(22)84(74,75)76)54-58-36-10-8-34(52)42-32(36)20-40(86(80,81)82)44(46(42)62)60-56-30-15-25(49(67)68)12-26(16-30)50(69)70/h1-20,61-62H,51-52H2,(H,63,64)(H,65,66)(H,67,68)(H,69,70)(H,71,72,73)(H,74,75,76)(H,77,78,79)(H,80,81,82)/b2-1+,57-53?,58-54?,59-55?,60-56?. The number of anilines is 2. The van der Waals surface area contributed by atoms with Gasteiger partial charge in [0.25, 0.3) is 40.5 Å². The maximum atomic E-state index is 12.7. The molecule has 0 saturated heterocycles. The summed E-state index contributed by atoms with van der Waals surface area (Å²) in [5, 5.41) is 89.7. The van der Waals surface area contributed by atoms with E-state index in [0.717, 1.165) is 109 Å². The van der Waals surface area contributed by atoms with E-state index in [-0.39, 0.29) is 66.8 Å². The number of phenols is 2. The fourth-order valence-corrected chi connectivity index (χ4v) is 10.7. The molecule has 0 aromatic heterocycles. The van der Waals surface area contributed by atoms with Crippen molar-refractivity contribution in [1.29, 1.82) is 0 Å². The van der Waals surface area contributed by atoms with Gasteiger partial charge < -0.3 is 42.1 Å². The number of carboxylic acids is 4. The van der Waals surface area contributed by atoms with Gasteiger partial charge in [-0.3, -0.25) is 18.2 Å². The first-order valence-electron chi connectivity index (χ1n) is 23.0. The molecule has 8 rings (SSSR count). The molecule has 0 fully saturated rings. The van der Waals surface area contributed by atoms with Gasteiger partial charge in [-0.1, -0.05) is 24.3 Å². The largest absolute Gasteiger partial charge is 0.505 e. The number of aromatic hydroxyl groups is 2. The van der Waals surface area contributed by atoms with E-state index in [1.807, 2.05) is 0 Å². The van der Waals surface area contributed by atoms with Gasteiger partial charge in [-0.15, -0.1) is 20.5 Å². The fraction of sp³-hybridized carbons (Fsp3) is 0. The molecule has 86 heavy (non-hydrogen) atoms. The Kier molecular flexibility index (Phi) is 16.4. The van der Waals surface area contributed by atoms with E-state index in [9.17, 15) is 102 Å². The number of benzene rings is 8. The lowest BCUT2D eigenvalue weighted by molar-refractivity contribution is 0.0676. The first-order valence-corrected chi connectivity index (χ1v) is 28.8. The van der Waals surface area contributed by atoms with Crippen LogP contribution in [-0.2, 0) is 40.5 Å². The highest BCUT2D eigenvalue weighted by atomic mass is 32.2. The molecule has 0 atom stereocenters. The third-order valence-corrected chi connectivity index (χ3v) is 15.5. The predicted molar refractivity (Wildman–Crippen MR) is 299 cm³/mol. The third-order valence-electron chi connectivity index (χ3n) is 11.9. The zero-order valence-corrected chi connectivity index (χ0v) is 45.5. The maximum absolute atomic E-state index is 12.7. The number of rotatable bonds is 18. The van der Waals surface area contributed by atoms with Crippen molar-refractivity contribution in [2.24, 2.45) is 40.9 Å². The Morgan fingerprint density at radius 1 is 0.360 bits per heavy atom. The maximum Gasteiger partial charge on any atom is 0.335 e. The molecule has 0 radical (unpaired) electrons. The fourth-order valence-electron chi connectivity index (χ4n) is 8.04. The van der Waals surface area contributed by atoms with Crippen LogP contribution >= 0.6 is 0 Å². The summed E-state index contributed by atoms with van der Waals surface area (Å²) in [6, 6.07) is 17.3. The van der Waals surface area contributed by atoms with Crippen LogP contribution in [0.25, 0.3) is 33.7 Å². The highest BCUT2D eigenvalue weighted by Crippen LogP contribution is 2.48. The van der Waals surface area contributed by atoms with Crippen molar-refractivity contribution in [3.8, 4) is 11.5 Å². The van der Waals surface area contributed by atoms with Gasteiger partial charge in [0.05, 0.1) is 67.2 Å². The van der Waals surface area contributed by atoms with Crippen molar-refractivity contribution in [3.63, 3.8) is 0 Å². The number of carbonyl (C=O) groups is 4. The molecule has 32 nitrogen and oxygen atoms in total. The molecule has 8 aromatic carbocycles. The average Bonchev–Trinajstić information content (AvgIpc) is 0.818. The summed E-state index contributed by atoms with van der Waals surface area (Å²) < 4.78 is 143. The van der Waals surface area contributed by atoms with E-state index in [1.165, 1.54) is 12.1 Å². The Hall–Kier alpha value is -10.9. The number of fused-ring (bicyclic) bond motifs is 2. The van der Waals surface area contributed by atoms with Gasteiger partial charge in [0.2, 0.25) is 0 Å². The second-order valence-electron chi connectivity index (χ2n) is 17.6. The molecule has 0 aliphatic heterocycles. The number of hydrogen-bond acceptors (Lipinski definition) is 24. The minimum absolute atomic E-state index is 0.240. The number of nitrogens with two attached hydrogens (primary N) is 2. The minimum atomic E-state index is -5.33. The zero-order chi connectivity index (χ0) is 63.1. The molecule has 0 aliphatic rings. The van der Waals surface area contributed by atoms with E-state index >= 15 is 0 Å². The normalized spacial score (nSPS) is 12.7. The summed E-state index contributed by atoms with van der Waals surface area (Å²) in [5.74, 6) is -8.30. The van der Waals surface area contributed by atoms with E-state index in [4.69, 9.17) is 11.5 Å². The molecule has 0 amide bonds. The Morgan fingerprint density at radius 2 is 0.663 bits per heavy atom. The number of hydrogen-bond donors (Lipinski definition) is 12. The lowest BCUT2D eigenvalue weighted by Crippen LogP contribution is -2.02. The van der Waals surface area contributed by atoms with Crippen molar-refractivity contribution in [3.05, 3.63) is 143 Å². The molecule has 0 saturated carbocycles. The molecule has 0 bridgehead atoms. The van der Waals surface area contributed by atoms with Crippen LogP contribution in [0.15, 0.2) is 170 Å². The molecule has 0 spiro atoms. The van der Waals surface area contributed by atoms with Crippen LogP contribution in [0, 0.1) is 0 Å². The van der Waals surface area contributed by atoms with Crippen LogP contribution in [0.1, 0.15) is 52.6 Å². The van der Waals surface area contributed by atoms with Gasteiger partial charge in [-0.25, -0.2) is 19.2 Å². The Balaban J connectivity index is 1.12. The SMILES string of the molecule is Nc1ccc(N=Nc2ccc(/C=C/c3ccc(N=Nc4ccc(N)c5c(O)c(N=Nc6cc(C(=O)O)cc(C(=O)O)c6)c(S(=O)(=O)O)cc45)cc3S(=O)(=O)O)c(S(=O)(=O)O)c2)c2cc(S(=O)(=O)O)c(N=Nc3cc(C(=O)O)cc(C(=O)O)c3)c(O)c12. The van der Waals surface area contributed by atoms with Gasteiger partial charge in [-0.05, 0) is 108 Å². The van der Waals surface area contributed by atoms with Gasteiger partial charge in [-0.2, -0.15) is 54.1 Å². The number of nitrogens with zero attached hydrogens (tertiary/aromatic N) is 8. The highest BCUT2D eigenvalue weighted by Gasteiger charge is 2.27. The summed E-state index contributed by atoms with van der Waals surface area (Å²) in [7, 11) is -21.0. The number of nitrogen functional groups attached to an aromatic ring is 2. The summed E-state index contributed by atoms with van der Waals surface area (Å²) in [5.41, 5.74) is 4.97. The number of aromatic carboxylic acids is 4. The minimum Gasteiger partial charge on any atom is -0.505 e. The predicted octanol–water partition coefficient (Wildman–Crippen LogP) is 10.2. The molecular formula is C50H34N10O22S4. The Labute approximate surface area is 480 Å². The van der Waals surface area contributed by atoms with Crippen LogP contribution in [0.3, 0.4) is 0 Å². The molecule has 440 valence electrons. The topological polar surface area (TPSA) is 558 Å². The molecule has 36 heteroatoms. The molecule has 0 heterocycles. The van der Waals surface area contributed by atoms with E-state index in [0.29, 0.717) is 0 Å². The summed E-state index contributed by atoms with van der Waals surface area (Å²) in [6.45, 7) is 0. The van der Waals surface area contributed by atoms with Gasteiger partial charge in [0.15, 0.2) is 11.5 Å². The van der Waals surface area contributed by atoms with E-state index < -0.39 is 140 Å². The van der Waals surface area contributed by atoms with Gasteiger partial charge in [0, 0.05) is 22.1 Å². The molecule has 8 aromatic rings. The number of azo groups is 4. The van der Waals surface area contributed by atoms with Gasteiger partial charge in [0.1, 0.15) is 31.0 Å². The first kappa shape index (κ1) is 61.2. The van der Waals surface area contributed by atoms with Crippen molar-refractivity contribution >= 4 is 155 Å². The van der Waals surface area contributed by atoms with Gasteiger partial charge >= 0.3 is 23.9 Å². The number of carboxylic acid groups (broad SMARTS) is 4. The highest BCUT2D eigenvalue weighted by molar-refractivity contribution is 7.86. The zero-order valence-electron chi connectivity index (χ0n) is 42.3. The third kappa shape index (κ3) is 13.1. The lowest BCUT2D eigenvalue weighted by Gasteiger charge is -2.12. The van der Waals surface area contributed by atoms with Crippen molar-refractivity contribution in [2.75, 3.05) is 11.5 Å². The second kappa shape index (κ2) is 23.1. The van der Waals surface area contributed by atoms with Crippen LogP contribution in [0.2, 0.25) is 0 Å². The summed E-state index contributed by atoms with van der Waals surface area (Å²) in [4.78, 5) is 42.5. The molecular weight excluding hydrogens is 1220 g/mol.